The minimum Gasteiger partial charge on any atom is -0.342 e. The average Bonchev–Trinajstić information content (AvgIpc) is 3.18. The second kappa shape index (κ2) is 6.92. The zero-order valence-corrected chi connectivity index (χ0v) is 14.3. The Balaban J connectivity index is 1.41. The van der Waals surface area contributed by atoms with Crippen LogP contribution in [-0.2, 0) is 4.79 Å². The Morgan fingerprint density at radius 2 is 1.80 bits per heavy atom. The lowest BCUT2D eigenvalue weighted by Gasteiger charge is -2.32. The smallest absolute Gasteiger partial charge is 0.277 e. The van der Waals surface area contributed by atoms with Gasteiger partial charge >= 0.3 is 0 Å². The molecule has 0 N–H and O–H groups in total. The van der Waals surface area contributed by atoms with Crippen molar-refractivity contribution in [2.75, 3.05) is 32.7 Å². The number of piperidine rings is 1. The van der Waals surface area contributed by atoms with E-state index in [0.717, 1.165) is 51.9 Å². The first kappa shape index (κ1) is 16.2. The van der Waals surface area contributed by atoms with Gasteiger partial charge in [0.1, 0.15) is 5.52 Å². The molecule has 2 aliphatic heterocycles. The summed E-state index contributed by atoms with van der Waals surface area (Å²) in [5.41, 5.74) is 0.564. The minimum absolute atomic E-state index is 0.0581. The van der Waals surface area contributed by atoms with Crippen molar-refractivity contribution in [2.24, 2.45) is 0 Å². The molecule has 25 heavy (non-hydrogen) atoms. The van der Waals surface area contributed by atoms with Crippen molar-refractivity contribution in [2.45, 2.75) is 31.7 Å². The topological polar surface area (TPSA) is 71.3 Å². The summed E-state index contributed by atoms with van der Waals surface area (Å²) in [4.78, 5) is 29.1. The molecule has 2 fully saturated rings. The molecule has 0 radical (unpaired) electrons. The molecular formula is C18H23N5O2. The Morgan fingerprint density at radius 1 is 1.08 bits per heavy atom. The fourth-order valence-corrected chi connectivity index (χ4v) is 3.82. The van der Waals surface area contributed by atoms with Crippen LogP contribution in [0.15, 0.2) is 29.1 Å². The molecule has 0 aliphatic carbocycles. The number of carbonyl (C=O) groups is 1. The van der Waals surface area contributed by atoms with Crippen LogP contribution in [0.2, 0.25) is 0 Å². The standard InChI is InChI=1S/C18H23N5O2/c24-17(22-9-3-4-10-22)13-21-11-7-14(8-12-21)23-18(25)15-5-1-2-6-16(15)19-20-23/h1-2,5-6,14H,3-4,7-13H2. The van der Waals surface area contributed by atoms with Gasteiger partial charge in [-0.2, -0.15) is 0 Å². The van der Waals surface area contributed by atoms with Gasteiger partial charge in [0.05, 0.1) is 18.0 Å². The molecule has 2 saturated heterocycles. The summed E-state index contributed by atoms with van der Waals surface area (Å²) in [5, 5.41) is 8.93. The Bertz CT molecular complexity index is 820. The van der Waals surface area contributed by atoms with Gasteiger partial charge in [-0.15, -0.1) is 5.10 Å². The molecule has 2 aliphatic rings. The molecule has 132 valence electrons. The number of amides is 1. The van der Waals surface area contributed by atoms with E-state index >= 15 is 0 Å². The van der Waals surface area contributed by atoms with Gasteiger partial charge in [0.15, 0.2) is 0 Å². The van der Waals surface area contributed by atoms with Crippen molar-refractivity contribution in [3.63, 3.8) is 0 Å². The first-order chi connectivity index (χ1) is 12.2. The number of aromatic nitrogens is 3. The van der Waals surface area contributed by atoms with E-state index < -0.39 is 0 Å². The number of fused-ring (bicyclic) bond motifs is 1. The second-order valence-electron chi connectivity index (χ2n) is 6.95. The van der Waals surface area contributed by atoms with Crippen LogP contribution in [0.25, 0.3) is 10.9 Å². The monoisotopic (exact) mass is 341 g/mol. The Kier molecular flexibility index (Phi) is 4.48. The molecule has 7 heteroatoms. The highest BCUT2D eigenvalue weighted by atomic mass is 16.2. The SMILES string of the molecule is O=C(CN1CCC(n2nnc3ccccc3c2=O)CC1)N1CCCC1. The molecule has 4 rings (SSSR count). The van der Waals surface area contributed by atoms with Gasteiger partial charge in [0.2, 0.25) is 5.91 Å². The normalized spacial score (nSPS) is 19.6. The van der Waals surface area contributed by atoms with Crippen LogP contribution >= 0.6 is 0 Å². The van der Waals surface area contributed by atoms with E-state index in [1.807, 2.05) is 17.0 Å². The lowest BCUT2D eigenvalue weighted by Crippen LogP contribution is -2.44. The molecule has 0 unspecified atom stereocenters. The summed E-state index contributed by atoms with van der Waals surface area (Å²) in [6.07, 6.45) is 3.88. The fourth-order valence-electron chi connectivity index (χ4n) is 3.82. The molecule has 2 aromatic rings. The number of likely N-dealkylation sites (tertiary alicyclic amines) is 2. The molecule has 1 amide bonds. The Hall–Kier alpha value is -2.28. The molecule has 1 aromatic carbocycles. The van der Waals surface area contributed by atoms with Crippen molar-refractivity contribution in [1.82, 2.24) is 24.8 Å². The Labute approximate surface area is 146 Å². The van der Waals surface area contributed by atoms with E-state index in [1.54, 1.807) is 12.1 Å². The summed E-state index contributed by atoms with van der Waals surface area (Å²) in [7, 11) is 0. The predicted octanol–water partition coefficient (Wildman–Crippen LogP) is 1.05. The van der Waals surface area contributed by atoms with Crippen molar-refractivity contribution in [3.8, 4) is 0 Å². The third-order valence-corrected chi connectivity index (χ3v) is 5.31. The van der Waals surface area contributed by atoms with E-state index in [4.69, 9.17) is 0 Å². The van der Waals surface area contributed by atoms with Crippen LogP contribution in [0.5, 0.6) is 0 Å². The lowest BCUT2D eigenvalue weighted by atomic mass is 10.1. The van der Waals surface area contributed by atoms with Crippen molar-refractivity contribution in [1.29, 1.82) is 0 Å². The molecule has 0 spiro atoms. The van der Waals surface area contributed by atoms with Crippen LogP contribution in [0, 0.1) is 0 Å². The molecule has 1 aromatic heterocycles. The van der Waals surface area contributed by atoms with Crippen LogP contribution in [0.4, 0.5) is 0 Å². The summed E-state index contributed by atoms with van der Waals surface area (Å²) in [6, 6.07) is 7.37. The van der Waals surface area contributed by atoms with E-state index in [9.17, 15) is 9.59 Å². The van der Waals surface area contributed by atoms with E-state index in [-0.39, 0.29) is 17.5 Å². The molecule has 0 bridgehead atoms. The summed E-state index contributed by atoms with van der Waals surface area (Å²) in [5.74, 6) is 0.235. The fraction of sp³-hybridized carbons (Fsp3) is 0.556. The molecule has 7 nitrogen and oxygen atoms in total. The van der Waals surface area contributed by atoms with Crippen LogP contribution in [0.3, 0.4) is 0 Å². The van der Waals surface area contributed by atoms with Crippen LogP contribution in [-0.4, -0.2) is 63.4 Å². The quantitative estimate of drug-likeness (QED) is 0.834. The van der Waals surface area contributed by atoms with Gasteiger partial charge in [-0.05, 0) is 37.8 Å². The lowest BCUT2D eigenvalue weighted by molar-refractivity contribution is -0.131. The van der Waals surface area contributed by atoms with E-state index in [2.05, 4.69) is 15.2 Å². The number of nitrogens with zero attached hydrogens (tertiary/aromatic N) is 5. The number of rotatable bonds is 3. The highest BCUT2D eigenvalue weighted by Gasteiger charge is 2.26. The summed E-state index contributed by atoms with van der Waals surface area (Å²) >= 11 is 0. The average molecular weight is 341 g/mol. The minimum atomic E-state index is -0.0720. The second-order valence-corrected chi connectivity index (χ2v) is 6.95. The Morgan fingerprint density at radius 3 is 2.56 bits per heavy atom. The van der Waals surface area contributed by atoms with Gasteiger partial charge < -0.3 is 4.90 Å². The predicted molar refractivity (Wildman–Crippen MR) is 94.3 cm³/mol. The number of hydrogen-bond acceptors (Lipinski definition) is 5. The highest BCUT2D eigenvalue weighted by molar-refractivity contribution is 5.78. The molecule has 0 atom stereocenters. The van der Waals surface area contributed by atoms with E-state index in [0.29, 0.717) is 17.4 Å². The maximum atomic E-state index is 12.6. The third-order valence-electron chi connectivity index (χ3n) is 5.31. The molecular weight excluding hydrogens is 318 g/mol. The van der Waals surface area contributed by atoms with Gasteiger partial charge in [-0.1, -0.05) is 17.3 Å². The zero-order valence-electron chi connectivity index (χ0n) is 14.3. The van der Waals surface area contributed by atoms with Crippen molar-refractivity contribution >= 4 is 16.8 Å². The zero-order chi connectivity index (χ0) is 17.2. The largest absolute Gasteiger partial charge is 0.342 e. The van der Waals surface area contributed by atoms with Crippen LogP contribution < -0.4 is 5.56 Å². The number of hydrogen-bond donors (Lipinski definition) is 0. The van der Waals surface area contributed by atoms with Crippen molar-refractivity contribution < 1.29 is 4.79 Å². The number of carbonyl (C=O) groups excluding carboxylic acids is 1. The van der Waals surface area contributed by atoms with Gasteiger partial charge in [0, 0.05) is 26.2 Å². The highest BCUT2D eigenvalue weighted by Crippen LogP contribution is 2.21. The van der Waals surface area contributed by atoms with Gasteiger partial charge in [0.25, 0.3) is 5.56 Å². The third kappa shape index (κ3) is 3.28. The van der Waals surface area contributed by atoms with Crippen molar-refractivity contribution in [3.05, 3.63) is 34.6 Å². The van der Waals surface area contributed by atoms with E-state index in [1.165, 1.54) is 4.68 Å². The molecule has 0 saturated carbocycles. The molecule has 3 heterocycles. The van der Waals surface area contributed by atoms with Crippen LogP contribution in [0.1, 0.15) is 31.7 Å². The number of benzene rings is 1. The maximum Gasteiger partial charge on any atom is 0.277 e. The maximum absolute atomic E-state index is 12.6. The summed E-state index contributed by atoms with van der Waals surface area (Å²) < 4.78 is 1.53. The first-order valence-electron chi connectivity index (χ1n) is 9.07. The first-order valence-corrected chi connectivity index (χ1v) is 9.07. The van der Waals surface area contributed by atoms with Gasteiger partial charge in [-0.3, -0.25) is 14.5 Å². The summed E-state index contributed by atoms with van der Waals surface area (Å²) in [6.45, 7) is 3.91. The van der Waals surface area contributed by atoms with Gasteiger partial charge in [-0.25, -0.2) is 4.68 Å².